The van der Waals surface area contributed by atoms with Crippen molar-refractivity contribution in [2.24, 2.45) is 0 Å². The molecule has 0 radical (unpaired) electrons. The lowest BCUT2D eigenvalue weighted by atomic mass is 10.1. The Hall–Kier alpha value is -3.75. The highest BCUT2D eigenvalue weighted by molar-refractivity contribution is 8.04. The first-order chi connectivity index (χ1) is 21.4. The van der Waals surface area contributed by atoms with Crippen LogP contribution >= 0.6 is 35.0 Å². The molecule has 6 rings (SSSR count). The van der Waals surface area contributed by atoms with E-state index in [1.165, 1.54) is 11.8 Å². The van der Waals surface area contributed by atoms with E-state index >= 15 is 0 Å². The van der Waals surface area contributed by atoms with Crippen molar-refractivity contribution in [3.05, 3.63) is 129 Å². The van der Waals surface area contributed by atoms with Crippen molar-refractivity contribution in [2.75, 3.05) is 49.1 Å². The molecule has 4 aromatic rings. The number of halogens is 2. The van der Waals surface area contributed by atoms with Crippen molar-refractivity contribution < 1.29 is 9.59 Å². The van der Waals surface area contributed by atoms with Crippen LogP contribution < -0.4 is 15.1 Å². The fourth-order valence-electron chi connectivity index (χ4n) is 5.45. The largest absolute Gasteiger partial charge is 0.369 e. The number of carbonyl (C=O) groups is 2. The van der Waals surface area contributed by atoms with Crippen molar-refractivity contribution in [3.8, 4) is 0 Å². The summed E-state index contributed by atoms with van der Waals surface area (Å²) in [4.78, 5) is 34.6. The first-order valence-corrected chi connectivity index (χ1v) is 16.2. The van der Waals surface area contributed by atoms with Crippen LogP contribution in [0, 0.1) is 0 Å². The molecule has 0 aromatic heterocycles. The Labute approximate surface area is 272 Å². The second-order valence-corrected chi connectivity index (χ2v) is 12.7. The van der Waals surface area contributed by atoms with Gasteiger partial charge in [0, 0.05) is 65.5 Å². The van der Waals surface area contributed by atoms with Crippen LogP contribution in [-0.4, -0.2) is 56.0 Å². The highest BCUT2D eigenvalue weighted by atomic mass is 35.5. The standard InChI is InChI=1S/C35H32Cl2N4O2S/c36-28-6-3-5-26(21-28)24-41-31-9-1-2-10-32(31)44-33(35(41)43)22-25-11-13-27(14-12-25)34(42)38-15-16-39-17-19-40(20-18-39)30-8-4-7-29(37)23-30/h1-14,21-23H,15-20,24H2,(H,38,42). The number of para-hydroxylation sites is 1. The van der Waals surface area contributed by atoms with E-state index in [2.05, 4.69) is 21.2 Å². The molecule has 0 spiro atoms. The smallest absolute Gasteiger partial charge is 0.265 e. The molecule has 0 atom stereocenters. The summed E-state index contributed by atoms with van der Waals surface area (Å²) in [7, 11) is 0. The SMILES string of the molecule is O=C(NCCN1CCN(c2cccc(Cl)c2)CC1)c1ccc(C=C2Sc3ccccc3N(Cc3cccc(Cl)c3)C2=O)cc1. The fraction of sp³-hybridized carbons (Fsp3) is 0.200. The summed E-state index contributed by atoms with van der Waals surface area (Å²) >= 11 is 13.8. The van der Waals surface area contributed by atoms with Gasteiger partial charge < -0.3 is 15.1 Å². The predicted molar refractivity (Wildman–Crippen MR) is 182 cm³/mol. The topological polar surface area (TPSA) is 55.9 Å². The highest BCUT2D eigenvalue weighted by Crippen LogP contribution is 2.42. The van der Waals surface area contributed by atoms with Crippen LogP contribution in [0.2, 0.25) is 10.0 Å². The van der Waals surface area contributed by atoms with Crippen LogP contribution in [0.1, 0.15) is 21.5 Å². The number of fused-ring (bicyclic) bond motifs is 1. The van der Waals surface area contributed by atoms with Gasteiger partial charge in [-0.15, -0.1) is 0 Å². The van der Waals surface area contributed by atoms with Crippen LogP contribution in [0.4, 0.5) is 11.4 Å². The summed E-state index contributed by atoms with van der Waals surface area (Å²) in [6.45, 7) is 5.52. The number of nitrogens with zero attached hydrogens (tertiary/aromatic N) is 3. The van der Waals surface area contributed by atoms with E-state index in [-0.39, 0.29) is 11.8 Å². The monoisotopic (exact) mass is 642 g/mol. The molecular weight excluding hydrogens is 611 g/mol. The summed E-state index contributed by atoms with van der Waals surface area (Å²) in [5, 5.41) is 4.44. The molecule has 1 fully saturated rings. The molecule has 224 valence electrons. The zero-order chi connectivity index (χ0) is 30.5. The zero-order valence-corrected chi connectivity index (χ0v) is 26.4. The van der Waals surface area contributed by atoms with Crippen LogP contribution in [0.5, 0.6) is 0 Å². The van der Waals surface area contributed by atoms with E-state index in [9.17, 15) is 9.59 Å². The molecule has 1 N–H and O–H groups in total. The Balaban J connectivity index is 1.04. The molecule has 4 aromatic carbocycles. The number of piperazine rings is 1. The van der Waals surface area contributed by atoms with Crippen molar-refractivity contribution >= 4 is 64.2 Å². The van der Waals surface area contributed by atoms with Crippen LogP contribution in [0.3, 0.4) is 0 Å². The Bertz CT molecular complexity index is 1690. The van der Waals surface area contributed by atoms with Gasteiger partial charge >= 0.3 is 0 Å². The lowest BCUT2D eigenvalue weighted by Crippen LogP contribution is -2.48. The first-order valence-electron chi connectivity index (χ1n) is 14.6. The van der Waals surface area contributed by atoms with Gasteiger partial charge in [-0.2, -0.15) is 0 Å². The summed E-state index contributed by atoms with van der Waals surface area (Å²) in [5.74, 6) is -0.171. The second kappa shape index (κ2) is 13.9. The molecular formula is C35H32Cl2N4O2S. The molecule has 44 heavy (non-hydrogen) atoms. The fourth-order valence-corrected chi connectivity index (χ4v) is 6.91. The molecule has 0 saturated carbocycles. The summed E-state index contributed by atoms with van der Waals surface area (Å²) < 4.78 is 0. The zero-order valence-electron chi connectivity index (χ0n) is 24.1. The summed E-state index contributed by atoms with van der Waals surface area (Å²) in [5.41, 5.74) is 4.44. The Morgan fingerprint density at radius 2 is 1.57 bits per heavy atom. The summed E-state index contributed by atoms with van der Waals surface area (Å²) in [6.07, 6.45) is 1.89. The molecule has 9 heteroatoms. The minimum atomic E-state index is -0.105. The Kier molecular flexibility index (Phi) is 9.57. The number of amides is 2. The van der Waals surface area contributed by atoms with Gasteiger partial charge in [0.2, 0.25) is 0 Å². The third-order valence-corrected chi connectivity index (χ3v) is 9.34. The predicted octanol–water partition coefficient (Wildman–Crippen LogP) is 7.23. The van der Waals surface area contributed by atoms with Gasteiger partial charge in [0.25, 0.3) is 11.8 Å². The normalized spacial score (nSPS) is 16.2. The first kappa shape index (κ1) is 30.3. The number of rotatable bonds is 8. The highest BCUT2D eigenvalue weighted by Gasteiger charge is 2.29. The van der Waals surface area contributed by atoms with E-state index in [4.69, 9.17) is 23.2 Å². The number of carbonyl (C=O) groups excluding carboxylic acids is 2. The third kappa shape index (κ3) is 7.30. The van der Waals surface area contributed by atoms with Crippen LogP contribution in [-0.2, 0) is 11.3 Å². The van der Waals surface area contributed by atoms with Crippen molar-refractivity contribution in [1.29, 1.82) is 0 Å². The Morgan fingerprint density at radius 1 is 0.841 bits per heavy atom. The molecule has 0 aliphatic carbocycles. The number of thioether (sulfide) groups is 1. The number of hydrogen-bond donors (Lipinski definition) is 1. The average molecular weight is 644 g/mol. The van der Waals surface area contributed by atoms with Gasteiger partial charge in [-0.1, -0.05) is 77.4 Å². The third-order valence-electron chi connectivity index (χ3n) is 7.79. The molecule has 2 amide bonds. The van der Waals surface area contributed by atoms with Gasteiger partial charge in [-0.3, -0.25) is 14.5 Å². The van der Waals surface area contributed by atoms with Crippen LogP contribution in [0.15, 0.2) is 107 Å². The molecule has 2 aliphatic heterocycles. The number of nitrogens with one attached hydrogen (secondary N) is 1. The van der Waals surface area contributed by atoms with Gasteiger partial charge in [0.05, 0.1) is 17.1 Å². The molecule has 1 saturated heterocycles. The van der Waals surface area contributed by atoms with Crippen LogP contribution in [0.25, 0.3) is 6.08 Å². The number of benzene rings is 4. The lowest BCUT2D eigenvalue weighted by molar-refractivity contribution is -0.114. The van der Waals surface area contributed by atoms with Crippen molar-refractivity contribution in [2.45, 2.75) is 11.4 Å². The maximum Gasteiger partial charge on any atom is 0.265 e. The maximum absolute atomic E-state index is 13.6. The van der Waals surface area contributed by atoms with Gasteiger partial charge in [-0.25, -0.2) is 0 Å². The molecule has 6 nitrogen and oxygen atoms in total. The quantitative estimate of drug-likeness (QED) is 0.206. The molecule has 0 unspecified atom stereocenters. The average Bonchev–Trinajstić information content (AvgIpc) is 3.04. The van der Waals surface area contributed by atoms with E-state index in [1.807, 2.05) is 84.9 Å². The van der Waals surface area contributed by atoms with Gasteiger partial charge in [0.1, 0.15) is 0 Å². The number of anilines is 2. The lowest BCUT2D eigenvalue weighted by Gasteiger charge is -2.36. The Morgan fingerprint density at radius 3 is 2.32 bits per heavy atom. The minimum Gasteiger partial charge on any atom is -0.369 e. The van der Waals surface area contributed by atoms with E-state index in [0.29, 0.717) is 28.6 Å². The second-order valence-electron chi connectivity index (χ2n) is 10.8. The van der Waals surface area contributed by atoms with E-state index in [1.54, 1.807) is 17.0 Å². The van der Waals surface area contributed by atoms with Gasteiger partial charge in [-0.05, 0) is 71.8 Å². The van der Waals surface area contributed by atoms with E-state index in [0.717, 1.165) is 65.1 Å². The molecule has 0 bridgehead atoms. The van der Waals surface area contributed by atoms with Crippen molar-refractivity contribution in [1.82, 2.24) is 10.2 Å². The molecule has 2 heterocycles. The van der Waals surface area contributed by atoms with E-state index < -0.39 is 0 Å². The maximum atomic E-state index is 13.6. The summed E-state index contributed by atoms with van der Waals surface area (Å²) in [6, 6.07) is 30.8. The van der Waals surface area contributed by atoms with Crippen molar-refractivity contribution in [3.63, 3.8) is 0 Å². The minimum absolute atomic E-state index is 0.0658. The van der Waals surface area contributed by atoms with Gasteiger partial charge in [0.15, 0.2) is 0 Å². The number of hydrogen-bond acceptors (Lipinski definition) is 5. The molecule has 2 aliphatic rings.